The average Bonchev–Trinajstić information content (AvgIpc) is 2.87. The molecule has 34 heavy (non-hydrogen) atoms. The summed E-state index contributed by atoms with van der Waals surface area (Å²) in [5, 5.41) is 0. The lowest BCUT2D eigenvalue weighted by molar-refractivity contribution is 0.586. The van der Waals surface area contributed by atoms with Crippen molar-refractivity contribution in [1.82, 2.24) is 19.8 Å². The van der Waals surface area contributed by atoms with E-state index >= 15 is 0 Å². The van der Waals surface area contributed by atoms with E-state index in [2.05, 4.69) is 110 Å². The van der Waals surface area contributed by atoms with Crippen LogP contribution in [0.5, 0.6) is 0 Å². The maximum absolute atomic E-state index is 4.83. The monoisotopic (exact) mass is 446 g/mol. The van der Waals surface area contributed by atoms with Crippen LogP contribution in [0.25, 0.3) is 34.9 Å². The molecule has 0 unspecified atom stereocenters. The lowest BCUT2D eigenvalue weighted by Gasteiger charge is -2.26. The summed E-state index contributed by atoms with van der Waals surface area (Å²) in [5.41, 5.74) is 8.29. The molecule has 0 atom stereocenters. The minimum absolute atomic E-state index is 0.845. The molecule has 0 aliphatic carbocycles. The summed E-state index contributed by atoms with van der Waals surface area (Å²) in [6.07, 6.45) is 8.12. The van der Waals surface area contributed by atoms with Gasteiger partial charge in [-0.3, -0.25) is 9.97 Å². The summed E-state index contributed by atoms with van der Waals surface area (Å²) in [6, 6.07) is 28.8. The van der Waals surface area contributed by atoms with E-state index in [4.69, 9.17) is 4.98 Å². The molecule has 4 rings (SSSR count). The molecule has 0 saturated heterocycles. The van der Waals surface area contributed by atoms with Crippen molar-refractivity contribution >= 4 is 23.5 Å². The molecule has 0 spiro atoms. The van der Waals surface area contributed by atoms with E-state index in [0.717, 1.165) is 45.0 Å². The third-order valence-electron chi connectivity index (χ3n) is 5.56. The van der Waals surface area contributed by atoms with Crippen LogP contribution in [0.15, 0.2) is 97.3 Å². The van der Waals surface area contributed by atoms with Crippen molar-refractivity contribution in [2.24, 2.45) is 0 Å². The summed E-state index contributed by atoms with van der Waals surface area (Å²) in [6.45, 7) is 0. The standard InChI is InChI=1S/C30H30N4/c1-33(2)27(21-23-13-7-5-8-14-23)25-18-20-32-30(26-17-11-12-19-31-26)29(25)28(34(3)4)22-24-15-9-6-10-16-24/h5-22H,1-4H3. The van der Waals surface area contributed by atoms with Gasteiger partial charge in [-0.1, -0.05) is 66.7 Å². The fourth-order valence-corrected chi connectivity index (χ4v) is 3.92. The van der Waals surface area contributed by atoms with Gasteiger partial charge < -0.3 is 9.80 Å². The topological polar surface area (TPSA) is 32.3 Å². The van der Waals surface area contributed by atoms with Crippen LogP contribution in [0.4, 0.5) is 0 Å². The molecule has 0 fully saturated rings. The van der Waals surface area contributed by atoms with Crippen LogP contribution in [0.3, 0.4) is 0 Å². The van der Waals surface area contributed by atoms with Gasteiger partial charge in [-0.15, -0.1) is 0 Å². The van der Waals surface area contributed by atoms with E-state index in [0.29, 0.717) is 0 Å². The van der Waals surface area contributed by atoms with Crippen molar-refractivity contribution in [3.8, 4) is 11.4 Å². The summed E-state index contributed by atoms with van der Waals surface area (Å²) >= 11 is 0. The second-order valence-corrected chi connectivity index (χ2v) is 8.47. The van der Waals surface area contributed by atoms with Gasteiger partial charge in [0.05, 0.1) is 11.4 Å². The summed E-state index contributed by atoms with van der Waals surface area (Å²) in [5.74, 6) is 0. The molecule has 0 N–H and O–H groups in total. The summed E-state index contributed by atoms with van der Waals surface area (Å²) in [4.78, 5) is 13.8. The Bertz CT molecular complexity index is 1280. The quantitative estimate of drug-likeness (QED) is 0.335. The molecule has 0 radical (unpaired) electrons. The Kier molecular flexibility index (Phi) is 7.19. The fraction of sp³-hybridized carbons (Fsp3) is 0.133. The third kappa shape index (κ3) is 5.24. The van der Waals surface area contributed by atoms with E-state index in [-0.39, 0.29) is 0 Å². The van der Waals surface area contributed by atoms with E-state index < -0.39 is 0 Å². The summed E-state index contributed by atoms with van der Waals surface area (Å²) < 4.78 is 0. The van der Waals surface area contributed by atoms with Crippen molar-refractivity contribution < 1.29 is 0 Å². The Morgan fingerprint density at radius 3 is 1.68 bits per heavy atom. The van der Waals surface area contributed by atoms with Crippen molar-refractivity contribution in [2.75, 3.05) is 28.2 Å². The van der Waals surface area contributed by atoms with Crippen molar-refractivity contribution in [1.29, 1.82) is 0 Å². The van der Waals surface area contributed by atoms with Crippen LogP contribution in [-0.4, -0.2) is 48.0 Å². The number of hydrogen-bond donors (Lipinski definition) is 0. The Morgan fingerprint density at radius 2 is 1.15 bits per heavy atom. The fourth-order valence-electron chi connectivity index (χ4n) is 3.92. The molecule has 2 heterocycles. The molecule has 2 aromatic heterocycles. The molecule has 4 heteroatoms. The first-order chi connectivity index (χ1) is 16.5. The van der Waals surface area contributed by atoms with Crippen molar-refractivity contribution in [2.45, 2.75) is 0 Å². The third-order valence-corrected chi connectivity index (χ3v) is 5.56. The SMILES string of the molecule is CN(C)C(=Cc1ccccc1)c1ccnc(-c2ccccn2)c1C(=Cc1ccccc1)N(C)C. The maximum atomic E-state index is 4.83. The zero-order chi connectivity index (χ0) is 23.9. The molecular formula is C30H30N4. The van der Waals surface area contributed by atoms with Crippen molar-refractivity contribution in [3.63, 3.8) is 0 Å². The first kappa shape index (κ1) is 23.0. The number of pyridine rings is 2. The van der Waals surface area contributed by atoms with Crippen LogP contribution in [0.2, 0.25) is 0 Å². The highest BCUT2D eigenvalue weighted by Crippen LogP contribution is 2.36. The van der Waals surface area contributed by atoms with Crippen LogP contribution in [0.1, 0.15) is 22.3 Å². The van der Waals surface area contributed by atoms with E-state index in [1.165, 1.54) is 0 Å². The number of rotatable bonds is 7. The molecule has 4 nitrogen and oxygen atoms in total. The van der Waals surface area contributed by atoms with Gasteiger partial charge in [0.1, 0.15) is 0 Å². The minimum Gasteiger partial charge on any atom is -0.377 e. The normalized spacial score (nSPS) is 11.9. The first-order valence-electron chi connectivity index (χ1n) is 11.3. The van der Waals surface area contributed by atoms with Gasteiger partial charge in [0.25, 0.3) is 0 Å². The molecule has 0 saturated carbocycles. The van der Waals surface area contributed by atoms with Gasteiger partial charge in [0.15, 0.2) is 0 Å². The minimum atomic E-state index is 0.845. The first-order valence-corrected chi connectivity index (χ1v) is 11.3. The molecule has 0 aliphatic heterocycles. The average molecular weight is 447 g/mol. The molecule has 2 aromatic carbocycles. The second-order valence-electron chi connectivity index (χ2n) is 8.47. The van der Waals surface area contributed by atoms with Crippen LogP contribution in [0, 0.1) is 0 Å². The Balaban J connectivity index is 2.03. The Labute approximate surface area is 202 Å². The van der Waals surface area contributed by atoms with Gasteiger partial charge in [0, 0.05) is 63.1 Å². The van der Waals surface area contributed by atoms with Gasteiger partial charge in [0.2, 0.25) is 0 Å². The maximum Gasteiger partial charge on any atom is 0.0985 e. The Morgan fingerprint density at radius 1 is 0.588 bits per heavy atom. The smallest absolute Gasteiger partial charge is 0.0985 e. The Hall–Kier alpha value is -4.18. The second kappa shape index (κ2) is 10.6. The van der Waals surface area contributed by atoms with Crippen LogP contribution < -0.4 is 0 Å². The highest BCUT2D eigenvalue weighted by Gasteiger charge is 2.21. The van der Waals surface area contributed by atoms with Crippen molar-refractivity contribution in [3.05, 3.63) is 120 Å². The van der Waals surface area contributed by atoms with Gasteiger partial charge >= 0.3 is 0 Å². The molecule has 0 bridgehead atoms. The van der Waals surface area contributed by atoms with Crippen LogP contribution in [-0.2, 0) is 0 Å². The zero-order valence-electron chi connectivity index (χ0n) is 20.2. The molecule has 0 amide bonds. The predicted octanol–water partition coefficient (Wildman–Crippen LogP) is 6.26. The largest absolute Gasteiger partial charge is 0.377 e. The lowest BCUT2D eigenvalue weighted by Crippen LogP contribution is -2.17. The highest BCUT2D eigenvalue weighted by atomic mass is 15.1. The van der Waals surface area contributed by atoms with E-state index in [9.17, 15) is 0 Å². The molecule has 170 valence electrons. The molecule has 0 aliphatic rings. The van der Waals surface area contributed by atoms with Gasteiger partial charge in [-0.25, -0.2) is 0 Å². The number of hydrogen-bond acceptors (Lipinski definition) is 4. The zero-order valence-corrected chi connectivity index (χ0v) is 20.2. The number of benzene rings is 2. The molecular weight excluding hydrogens is 416 g/mol. The highest BCUT2D eigenvalue weighted by molar-refractivity contribution is 5.94. The summed E-state index contributed by atoms with van der Waals surface area (Å²) in [7, 11) is 8.30. The lowest BCUT2D eigenvalue weighted by atomic mass is 9.95. The molecule has 4 aromatic rings. The predicted molar refractivity (Wildman–Crippen MR) is 143 cm³/mol. The van der Waals surface area contributed by atoms with E-state index in [1.54, 1.807) is 0 Å². The van der Waals surface area contributed by atoms with E-state index in [1.807, 2.05) is 42.7 Å². The van der Waals surface area contributed by atoms with Gasteiger partial charge in [-0.2, -0.15) is 0 Å². The van der Waals surface area contributed by atoms with Gasteiger partial charge in [-0.05, 0) is 41.5 Å². The number of aromatic nitrogens is 2. The number of nitrogens with zero attached hydrogens (tertiary/aromatic N) is 4. The van der Waals surface area contributed by atoms with Crippen LogP contribution >= 0.6 is 0 Å².